The summed E-state index contributed by atoms with van der Waals surface area (Å²) < 4.78 is 5.78. The van der Waals surface area contributed by atoms with Gasteiger partial charge in [-0.25, -0.2) is 0 Å². The van der Waals surface area contributed by atoms with Gasteiger partial charge in [0.1, 0.15) is 6.10 Å². The van der Waals surface area contributed by atoms with E-state index in [2.05, 4.69) is 20.5 Å². The van der Waals surface area contributed by atoms with Crippen molar-refractivity contribution in [3.8, 4) is 0 Å². The van der Waals surface area contributed by atoms with Crippen molar-refractivity contribution in [2.24, 2.45) is 0 Å². The molecule has 0 aliphatic carbocycles. The van der Waals surface area contributed by atoms with Crippen molar-refractivity contribution in [1.29, 1.82) is 0 Å². The minimum atomic E-state index is -0.589. The van der Waals surface area contributed by atoms with Crippen LogP contribution in [0, 0.1) is 0 Å². The summed E-state index contributed by atoms with van der Waals surface area (Å²) in [5.74, 6) is -0.272. The zero-order chi connectivity index (χ0) is 20.4. The zero-order valence-electron chi connectivity index (χ0n) is 16.5. The normalized spacial score (nSPS) is 21.5. The Morgan fingerprint density at radius 3 is 2.79 bits per heavy atom. The van der Waals surface area contributed by atoms with Gasteiger partial charge in [0.05, 0.1) is 31.6 Å². The van der Waals surface area contributed by atoms with E-state index in [1.807, 2.05) is 20.2 Å². The van der Waals surface area contributed by atoms with Crippen molar-refractivity contribution >= 4 is 11.8 Å². The van der Waals surface area contributed by atoms with Crippen LogP contribution in [0.2, 0.25) is 0 Å². The molecule has 0 saturated heterocycles. The van der Waals surface area contributed by atoms with Crippen molar-refractivity contribution < 1.29 is 19.4 Å². The number of rotatable bonds is 10. The third kappa shape index (κ3) is 7.75. The molecular weight excluding hydrogens is 360 g/mol. The smallest absolute Gasteiger partial charge is 0.225 e. The van der Waals surface area contributed by atoms with Gasteiger partial charge >= 0.3 is 0 Å². The first-order chi connectivity index (χ1) is 13.5. The third-order valence-corrected chi connectivity index (χ3v) is 4.37. The summed E-state index contributed by atoms with van der Waals surface area (Å²) in [6, 6.07) is 3.17. The molecule has 8 heteroatoms. The molecular formula is C20H30N4O4. The van der Waals surface area contributed by atoms with Crippen LogP contribution in [-0.4, -0.2) is 78.8 Å². The van der Waals surface area contributed by atoms with E-state index in [-0.39, 0.29) is 31.3 Å². The Hall–Kier alpha value is -2.29. The van der Waals surface area contributed by atoms with Gasteiger partial charge in [0.15, 0.2) is 0 Å². The Morgan fingerprint density at radius 2 is 2.11 bits per heavy atom. The lowest BCUT2D eigenvalue weighted by molar-refractivity contribution is -0.128. The number of nitrogens with zero attached hydrogens (tertiary/aromatic N) is 2. The van der Waals surface area contributed by atoms with Crippen LogP contribution in [0.3, 0.4) is 0 Å². The second-order valence-corrected chi connectivity index (χ2v) is 7.12. The number of carbonyl (C=O) groups excluding carboxylic acids is 2. The van der Waals surface area contributed by atoms with E-state index < -0.39 is 18.2 Å². The quantitative estimate of drug-likeness (QED) is 0.380. The number of amides is 2. The molecule has 0 radical (unpaired) electrons. The maximum atomic E-state index is 12.2. The number of aromatic nitrogens is 1. The molecule has 1 aromatic heterocycles. The molecule has 1 aliphatic heterocycles. The Morgan fingerprint density at radius 1 is 1.29 bits per heavy atom. The lowest BCUT2D eigenvalue weighted by Crippen LogP contribution is -2.49. The number of hydrogen-bond donors (Lipinski definition) is 3. The molecule has 0 fully saturated rings. The Balaban J connectivity index is 1.79. The molecule has 28 heavy (non-hydrogen) atoms. The fraction of sp³-hybridized carbons (Fsp3) is 0.550. The summed E-state index contributed by atoms with van der Waals surface area (Å²) in [6.45, 7) is 1.28. The predicted molar refractivity (Wildman–Crippen MR) is 106 cm³/mol. The topological polar surface area (TPSA) is 104 Å². The summed E-state index contributed by atoms with van der Waals surface area (Å²) in [5, 5.41) is 15.3. The number of hydrogen-bond acceptors (Lipinski definition) is 6. The summed E-state index contributed by atoms with van der Waals surface area (Å²) in [5.41, 5.74) is 0.810. The van der Waals surface area contributed by atoms with E-state index in [1.165, 1.54) is 0 Å². The molecule has 3 N–H and O–H groups in total. The lowest BCUT2D eigenvalue weighted by Gasteiger charge is -2.31. The molecule has 2 heterocycles. The van der Waals surface area contributed by atoms with Crippen LogP contribution in [-0.2, 0) is 20.7 Å². The third-order valence-electron chi connectivity index (χ3n) is 4.37. The maximum absolute atomic E-state index is 12.2. The second-order valence-electron chi connectivity index (χ2n) is 7.12. The molecule has 154 valence electrons. The lowest BCUT2D eigenvalue weighted by atomic mass is 10.0. The van der Waals surface area contributed by atoms with Gasteiger partial charge in [-0.2, -0.15) is 0 Å². The summed E-state index contributed by atoms with van der Waals surface area (Å²) in [6.07, 6.45) is 7.11. The second kappa shape index (κ2) is 11.5. The van der Waals surface area contributed by atoms with Gasteiger partial charge in [-0.05, 0) is 38.7 Å². The average molecular weight is 390 g/mol. The highest BCUT2D eigenvalue weighted by Gasteiger charge is 2.28. The molecule has 8 nitrogen and oxygen atoms in total. The first kappa shape index (κ1) is 22.0. The number of aliphatic hydroxyl groups excluding tert-OH is 1. The molecule has 3 atom stereocenters. The van der Waals surface area contributed by atoms with Gasteiger partial charge < -0.3 is 25.4 Å². The van der Waals surface area contributed by atoms with E-state index >= 15 is 0 Å². The molecule has 2 amide bonds. The molecule has 0 saturated carbocycles. The first-order valence-corrected chi connectivity index (χ1v) is 9.52. The number of nitrogens with one attached hydrogen (secondary N) is 2. The van der Waals surface area contributed by atoms with Gasteiger partial charge in [0.2, 0.25) is 11.8 Å². The summed E-state index contributed by atoms with van der Waals surface area (Å²) in [4.78, 5) is 30.3. The highest BCUT2D eigenvalue weighted by molar-refractivity contribution is 5.79. The SMILES string of the molecule is CN(C)CCCNC(=O)C[C@H]1C=C[C@@H](NC(=O)Cc2cccnc2)[C@H](CO)O1. The van der Waals surface area contributed by atoms with Gasteiger partial charge in [0, 0.05) is 18.9 Å². The minimum absolute atomic E-state index is 0.0934. The maximum Gasteiger partial charge on any atom is 0.225 e. The van der Waals surface area contributed by atoms with E-state index in [1.54, 1.807) is 30.6 Å². The average Bonchev–Trinajstić information content (AvgIpc) is 2.67. The van der Waals surface area contributed by atoms with E-state index in [0.717, 1.165) is 18.5 Å². The summed E-state index contributed by atoms with van der Waals surface area (Å²) >= 11 is 0. The van der Waals surface area contributed by atoms with E-state index in [9.17, 15) is 14.7 Å². The van der Waals surface area contributed by atoms with Gasteiger partial charge in [-0.15, -0.1) is 0 Å². The molecule has 1 aromatic rings. The fourth-order valence-electron chi connectivity index (χ4n) is 2.94. The van der Waals surface area contributed by atoms with E-state index in [4.69, 9.17) is 4.74 Å². The van der Waals surface area contributed by atoms with Crippen LogP contribution < -0.4 is 10.6 Å². The number of aliphatic hydroxyl groups is 1. The monoisotopic (exact) mass is 390 g/mol. The summed E-state index contributed by atoms with van der Waals surface area (Å²) in [7, 11) is 3.98. The molecule has 0 spiro atoms. The van der Waals surface area contributed by atoms with E-state index in [0.29, 0.717) is 6.54 Å². The van der Waals surface area contributed by atoms with Crippen LogP contribution in [0.25, 0.3) is 0 Å². The molecule has 1 aliphatic rings. The predicted octanol–water partition coefficient (Wildman–Crippen LogP) is -0.117. The molecule has 0 unspecified atom stereocenters. The van der Waals surface area contributed by atoms with Crippen molar-refractivity contribution in [3.63, 3.8) is 0 Å². The largest absolute Gasteiger partial charge is 0.394 e. The number of carbonyl (C=O) groups is 2. The highest BCUT2D eigenvalue weighted by Crippen LogP contribution is 2.16. The van der Waals surface area contributed by atoms with Crippen molar-refractivity contribution in [1.82, 2.24) is 20.5 Å². The molecule has 0 aromatic carbocycles. The Labute approximate surface area is 166 Å². The first-order valence-electron chi connectivity index (χ1n) is 9.52. The van der Waals surface area contributed by atoms with Crippen molar-refractivity contribution in [2.45, 2.75) is 37.5 Å². The van der Waals surface area contributed by atoms with Crippen molar-refractivity contribution in [3.05, 3.63) is 42.2 Å². The Kier molecular flexibility index (Phi) is 9.06. The number of ether oxygens (including phenoxy) is 1. The van der Waals surface area contributed by atoms with Crippen molar-refractivity contribution in [2.75, 3.05) is 33.8 Å². The van der Waals surface area contributed by atoms with Crippen LogP contribution >= 0.6 is 0 Å². The Bertz CT molecular complexity index is 651. The van der Waals surface area contributed by atoms with Gasteiger partial charge in [-0.3, -0.25) is 14.6 Å². The fourth-order valence-corrected chi connectivity index (χ4v) is 2.94. The van der Waals surface area contributed by atoms with Gasteiger partial charge in [0.25, 0.3) is 0 Å². The zero-order valence-corrected chi connectivity index (χ0v) is 16.5. The molecule has 2 rings (SSSR count). The molecule has 0 bridgehead atoms. The standard InChI is InChI=1S/C20H30N4O4/c1-24(2)10-4-9-22-19(26)12-16-6-7-17(18(14-25)28-16)23-20(27)11-15-5-3-8-21-13-15/h3,5-8,13,16-18,25H,4,9-12,14H2,1-2H3,(H,22,26)(H,23,27)/t16-,17-,18+/m1/s1. The highest BCUT2D eigenvalue weighted by atomic mass is 16.5. The number of pyridine rings is 1. The van der Waals surface area contributed by atoms with Crippen LogP contribution in [0.15, 0.2) is 36.7 Å². The van der Waals surface area contributed by atoms with Crippen LogP contribution in [0.1, 0.15) is 18.4 Å². The van der Waals surface area contributed by atoms with Gasteiger partial charge in [-0.1, -0.05) is 18.2 Å². The van der Waals surface area contributed by atoms with Crippen LogP contribution in [0.4, 0.5) is 0 Å². The minimum Gasteiger partial charge on any atom is -0.394 e. The van der Waals surface area contributed by atoms with Crippen LogP contribution in [0.5, 0.6) is 0 Å².